The Morgan fingerprint density at radius 1 is 1.18 bits per heavy atom. The Morgan fingerprint density at radius 3 is 2.47 bits per heavy atom. The summed E-state index contributed by atoms with van der Waals surface area (Å²) in [5.74, 6) is 0.299. The minimum Gasteiger partial charge on any atom is -0.455 e. The van der Waals surface area contributed by atoms with Gasteiger partial charge in [-0.2, -0.15) is 0 Å². The van der Waals surface area contributed by atoms with Gasteiger partial charge in [-0.15, -0.1) is 0 Å². The molecule has 0 saturated heterocycles. The number of anilines is 1. The van der Waals surface area contributed by atoms with E-state index in [9.17, 15) is 4.39 Å². The van der Waals surface area contributed by atoms with Gasteiger partial charge in [0.25, 0.3) is 0 Å². The van der Waals surface area contributed by atoms with Crippen molar-refractivity contribution in [1.29, 1.82) is 0 Å². The van der Waals surface area contributed by atoms with Crippen LogP contribution in [-0.2, 0) is 0 Å². The normalized spacial score (nSPS) is 10.3. The van der Waals surface area contributed by atoms with E-state index in [0.717, 1.165) is 3.57 Å². The molecule has 0 saturated carbocycles. The van der Waals surface area contributed by atoms with Crippen LogP contribution in [0.3, 0.4) is 0 Å². The maximum atomic E-state index is 13.3. The van der Waals surface area contributed by atoms with Gasteiger partial charge in [-0.1, -0.05) is 11.6 Å². The van der Waals surface area contributed by atoms with Crippen LogP contribution in [0, 0.1) is 9.39 Å². The fraction of sp³-hybridized carbons (Fsp3) is 0. The molecule has 2 rings (SSSR count). The Morgan fingerprint density at radius 2 is 1.82 bits per heavy atom. The first-order chi connectivity index (χ1) is 8.06. The molecule has 0 bridgehead atoms. The Kier molecular flexibility index (Phi) is 3.73. The van der Waals surface area contributed by atoms with Gasteiger partial charge in [0.05, 0.1) is 10.7 Å². The molecule has 0 spiro atoms. The van der Waals surface area contributed by atoms with Crippen molar-refractivity contribution in [2.24, 2.45) is 0 Å². The van der Waals surface area contributed by atoms with E-state index < -0.39 is 5.82 Å². The Labute approximate surface area is 117 Å². The van der Waals surface area contributed by atoms with Crippen LogP contribution in [-0.4, -0.2) is 0 Å². The standard InChI is InChI=1S/C12H8ClFINO/c13-9-5-11(16)12(6-10(9)14)17-8-3-1-7(15)2-4-8/h1-6H,16H2. The molecule has 2 N–H and O–H groups in total. The summed E-state index contributed by atoms with van der Waals surface area (Å²) in [5, 5.41) is -0.0162. The largest absolute Gasteiger partial charge is 0.455 e. The Bertz CT molecular complexity index is 545. The molecule has 5 heteroatoms. The molecule has 0 heterocycles. The quantitative estimate of drug-likeness (QED) is 0.632. The van der Waals surface area contributed by atoms with Gasteiger partial charge >= 0.3 is 0 Å². The summed E-state index contributed by atoms with van der Waals surface area (Å²) in [4.78, 5) is 0. The lowest BCUT2D eigenvalue weighted by atomic mass is 10.3. The molecule has 0 atom stereocenters. The molecule has 0 radical (unpaired) electrons. The lowest BCUT2D eigenvalue weighted by Gasteiger charge is -2.09. The van der Waals surface area contributed by atoms with E-state index in [-0.39, 0.29) is 10.8 Å². The van der Waals surface area contributed by atoms with Crippen LogP contribution in [0.1, 0.15) is 0 Å². The molecule has 0 amide bonds. The van der Waals surface area contributed by atoms with E-state index in [1.54, 1.807) is 12.1 Å². The third kappa shape index (κ3) is 3.01. The number of rotatable bonds is 2. The number of hydrogen-bond acceptors (Lipinski definition) is 2. The number of benzene rings is 2. The van der Waals surface area contributed by atoms with Crippen molar-refractivity contribution in [3.05, 3.63) is 50.8 Å². The van der Waals surface area contributed by atoms with Crippen LogP contribution in [0.15, 0.2) is 36.4 Å². The lowest BCUT2D eigenvalue weighted by Crippen LogP contribution is -1.93. The summed E-state index contributed by atoms with van der Waals surface area (Å²) in [6.45, 7) is 0. The second-order valence-electron chi connectivity index (χ2n) is 3.36. The average Bonchev–Trinajstić information content (AvgIpc) is 2.29. The third-order valence-corrected chi connectivity index (χ3v) is 3.10. The summed E-state index contributed by atoms with van der Waals surface area (Å²) in [6, 6.07) is 9.85. The van der Waals surface area contributed by atoms with Gasteiger partial charge in [0.15, 0.2) is 5.75 Å². The van der Waals surface area contributed by atoms with Crippen molar-refractivity contribution >= 4 is 39.9 Å². The minimum atomic E-state index is -0.554. The molecule has 0 unspecified atom stereocenters. The van der Waals surface area contributed by atoms with Crippen LogP contribution >= 0.6 is 34.2 Å². The first kappa shape index (κ1) is 12.4. The van der Waals surface area contributed by atoms with E-state index in [1.807, 2.05) is 12.1 Å². The maximum Gasteiger partial charge on any atom is 0.153 e. The Balaban J connectivity index is 2.30. The molecule has 0 fully saturated rings. The van der Waals surface area contributed by atoms with Gasteiger partial charge in [0.2, 0.25) is 0 Å². The van der Waals surface area contributed by atoms with E-state index in [4.69, 9.17) is 22.1 Å². The van der Waals surface area contributed by atoms with Crippen LogP contribution in [0.5, 0.6) is 11.5 Å². The molecule has 0 aliphatic carbocycles. The average molecular weight is 364 g/mol. The summed E-state index contributed by atoms with van der Waals surface area (Å²) in [7, 11) is 0. The van der Waals surface area contributed by atoms with Gasteiger partial charge < -0.3 is 10.5 Å². The number of halogens is 3. The van der Waals surface area contributed by atoms with Crippen molar-refractivity contribution in [2.75, 3.05) is 5.73 Å². The molecule has 2 nitrogen and oxygen atoms in total. The third-order valence-electron chi connectivity index (χ3n) is 2.09. The number of ether oxygens (including phenoxy) is 1. The zero-order valence-electron chi connectivity index (χ0n) is 8.58. The highest BCUT2D eigenvalue weighted by atomic mass is 127. The number of nitrogens with two attached hydrogens (primary N) is 1. The first-order valence-corrected chi connectivity index (χ1v) is 6.20. The zero-order valence-corrected chi connectivity index (χ0v) is 11.5. The fourth-order valence-electron chi connectivity index (χ4n) is 1.26. The van der Waals surface area contributed by atoms with Crippen molar-refractivity contribution in [3.8, 4) is 11.5 Å². The second kappa shape index (κ2) is 5.10. The Hall–Kier alpha value is -1.01. The van der Waals surface area contributed by atoms with E-state index in [1.165, 1.54) is 12.1 Å². The molecular weight excluding hydrogens is 355 g/mol. The SMILES string of the molecule is Nc1cc(Cl)c(F)cc1Oc1ccc(I)cc1. The van der Waals surface area contributed by atoms with E-state index in [2.05, 4.69) is 22.6 Å². The summed E-state index contributed by atoms with van der Waals surface area (Å²) in [5.41, 5.74) is 5.99. The highest BCUT2D eigenvalue weighted by Gasteiger charge is 2.08. The molecule has 0 aliphatic rings. The van der Waals surface area contributed by atoms with Gasteiger partial charge in [-0.25, -0.2) is 4.39 Å². The van der Waals surface area contributed by atoms with Crippen LogP contribution < -0.4 is 10.5 Å². The highest BCUT2D eigenvalue weighted by molar-refractivity contribution is 14.1. The fourth-order valence-corrected chi connectivity index (χ4v) is 1.79. The van der Waals surface area contributed by atoms with Gasteiger partial charge in [0, 0.05) is 9.64 Å². The predicted molar refractivity (Wildman–Crippen MR) is 75.1 cm³/mol. The zero-order chi connectivity index (χ0) is 12.4. The predicted octanol–water partition coefficient (Wildman–Crippen LogP) is 4.46. The smallest absolute Gasteiger partial charge is 0.153 e. The van der Waals surface area contributed by atoms with Crippen molar-refractivity contribution in [2.45, 2.75) is 0 Å². The molecule has 17 heavy (non-hydrogen) atoms. The summed E-state index contributed by atoms with van der Waals surface area (Å²) >= 11 is 7.78. The summed E-state index contributed by atoms with van der Waals surface area (Å²) < 4.78 is 19.8. The molecule has 2 aromatic rings. The van der Waals surface area contributed by atoms with Gasteiger partial charge in [-0.3, -0.25) is 0 Å². The van der Waals surface area contributed by atoms with Crippen molar-refractivity contribution in [3.63, 3.8) is 0 Å². The molecule has 88 valence electrons. The highest BCUT2D eigenvalue weighted by Crippen LogP contribution is 2.31. The second-order valence-corrected chi connectivity index (χ2v) is 5.01. The van der Waals surface area contributed by atoms with Crippen molar-refractivity contribution < 1.29 is 9.13 Å². The monoisotopic (exact) mass is 363 g/mol. The van der Waals surface area contributed by atoms with Crippen LogP contribution in [0.2, 0.25) is 5.02 Å². The molecule has 2 aromatic carbocycles. The summed E-state index contributed by atoms with van der Waals surface area (Å²) in [6.07, 6.45) is 0. The lowest BCUT2D eigenvalue weighted by molar-refractivity contribution is 0.479. The topological polar surface area (TPSA) is 35.2 Å². The molecule has 0 aliphatic heterocycles. The number of nitrogen functional groups attached to an aromatic ring is 1. The van der Waals surface area contributed by atoms with Crippen LogP contribution in [0.4, 0.5) is 10.1 Å². The van der Waals surface area contributed by atoms with Gasteiger partial charge in [0.1, 0.15) is 11.6 Å². The van der Waals surface area contributed by atoms with Gasteiger partial charge in [-0.05, 0) is 52.9 Å². The molecule has 0 aromatic heterocycles. The van der Waals surface area contributed by atoms with Crippen LogP contribution in [0.25, 0.3) is 0 Å². The van der Waals surface area contributed by atoms with E-state index >= 15 is 0 Å². The van der Waals surface area contributed by atoms with E-state index in [0.29, 0.717) is 11.4 Å². The minimum absolute atomic E-state index is 0.0162. The number of hydrogen-bond donors (Lipinski definition) is 1. The van der Waals surface area contributed by atoms with Crippen molar-refractivity contribution in [1.82, 2.24) is 0 Å². The molecular formula is C12H8ClFINO. The maximum absolute atomic E-state index is 13.3. The first-order valence-electron chi connectivity index (χ1n) is 4.74.